The normalized spacial score (nSPS) is 13.2. The summed E-state index contributed by atoms with van der Waals surface area (Å²) in [5.74, 6) is 0.401. The number of ether oxygens (including phenoxy) is 1. The number of benzene rings is 1. The minimum atomic E-state index is -0.236. The predicted octanol–water partition coefficient (Wildman–Crippen LogP) is 1.94. The number of nitrogens with zero attached hydrogens (tertiary/aromatic N) is 2. The molecule has 2 aromatic rings. The molecule has 0 saturated heterocycles. The van der Waals surface area contributed by atoms with Crippen LogP contribution in [0.3, 0.4) is 0 Å². The van der Waals surface area contributed by atoms with Crippen LogP contribution in [0.25, 0.3) is 0 Å². The Morgan fingerprint density at radius 3 is 2.88 bits per heavy atom. The summed E-state index contributed by atoms with van der Waals surface area (Å²) in [6, 6.07) is 5.41. The molecule has 0 bridgehead atoms. The minimum Gasteiger partial charge on any atom is -0.484 e. The van der Waals surface area contributed by atoms with Crippen molar-refractivity contribution in [3.63, 3.8) is 0 Å². The summed E-state index contributed by atoms with van der Waals surface area (Å²) >= 11 is 0. The van der Waals surface area contributed by atoms with E-state index in [0.717, 1.165) is 28.3 Å². The van der Waals surface area contributed by atoms with Crippen LogP contribution in [0.5, 0.6) is 5.75 Å². The predicted molar refractivity (Wildman–Crippen MR) is 90.2 cm³/mol. The lowest BCUT2D eigenvalue weighted by molar-refractivity contribution is -0.118. The Labute approximate surface area is 140 Å². The Balaban J connectivity index is 1.61. The zero-order valence-electron chi connectivity index (χ0n) is 14.0. The van der Waals surface area contributed by atoms with Crippen molar-refractivity contribution in [3.8, 4) is 5.75 Å². The number of aryl methyl sites for hydroxylation is 3. The van der Waals surface area contributed by atoms with E-state index in [4.69, 9.17) is 4.74 Å². The fourth-order valence-corrected chi connectivity index (χ4v) is 2.73. The lowest BCUT2D eigenvalue weighted by Gasteiger charge is -2.17. The van der Waals surface area contributed by atoms with Gasteiger partial charge >= 0.3 is 0 Å². The molecule has 7 heteroatoms. The van der Waals surface area contributed by atoms with E-state index < -0.39 is 0 Å². The van der Waals surface area contributed by atoms with Gasteiger partial charge in [0.25, 0.3) is 5.91 Å². The van der Waals surface area contributed by atoms with Crippen molar-refractivity contribution in [2.75, 3.05) is 17.2 Å². The van der Waals surface area contributed by atoms with Gasteiger partial charge < -0.3 is 15.4 Å². The van der Waals surface area contributed by atoms with Gasteiger partial charge in [0.2, 0.25) is 5.91 Å². The Hall–Kier alpha value is -2.83. The van der Waals surface area contributed by atoms with E-state index in [9.17, 15) is 9.59 Å². The lowest BCUT2D eigenvalue weighted by atomic mass is 10.0. The molecule has 2 heterocycles. The molecule has 2 N–H and O–H groups in total. The Bertz CT molecular complexity index is 810. The molecule has 1 aliphatic rings. The summed E-state index contributed by atoms with van der Waals surface area (Å²) in [5, 5.41) is 9.91. The molecule has 0 spiro atoms. The van der Waals surface area contributed by atoms with Crippen LogP contribution >= 0.6 is 0 Å². The topological polar surface area (TPSA) is 85.2 Å². The van der Waals surface area contributed by atoms with E-state index in [0.29, 0.717) is 18.6 Å². The molecule has 3 rings (SSSR count). The maximum absolute atomic E-state index is 12.1. The van der Waals surface area contributed by atoms with Gasteiger partial charge in [-0.3, -0.25) is 14.3 Å². The van der Waals surface area contributed by atoms with Gasteiger partial charge in [0.1, 0.15) is 5.75 Å². The van der Waals surface area contributed by atoms with E-state index in [1.54, 1.807) is 16.8 Å². The second-order valence-electron chi connectivity index (χ2n) is 5.87. The van der Waals surface area contributed by atoms with Gasteiger partial charge in [0, 0.05) is 19.2 Å². The average Bonchev–Trinajstić information content (AvgIpc) is 2.79. The molecule has 126 valence electrons. The van der Waals surface area contributed by atoms with Crippen LogP contribution in [0.4, 0.5) is 11.4 Å². The molecule has 0 unspecified atom stereocenters. The number of anilines is 2. The summed E-state index contributed by atoms with van der Waals surface area (Å²) in [4.78, 5) is 23.5. The zero-order chi connectivity index (χ0) is 17.3. The van der Waals surface area contributed by atoms with Gasteiger partial charge in [-0.1, -0.05) is 0 Å². The monoisotopic (exact) mass is 328 g/mol. The molecule has 2 amide bonds. The van der Waals surface area contributed by atoms with Crippen LogP contribution in [0.15, 0.2) is 18.2 Å². The molecule has 0 radical (unpaired) electrons. The van der Waals surface area contributed by atoms with Gasteiger partial charge in [-0.15, -0.1) is 0 Å². The molecule has 0 fully saturated rings. The van der Waals surface area contributed by atoms with Gasteiger partial charge in [-0.05, 0) is 44.0 Å². The summed E-state index contributed by atoms with van der Waals surface area (Å²) in [6.07, 6.45) is 1.15. The molecule has 0 aliphatic carbocycles. The van der Waals surface area contributed by atoms with Gasteiger partial charge in [0.15, 0.2) is 6.61 Å². The smallest absolute Gasteiger partial charge is 0.262 e. The van der Waals surface area contributed by atoms with Crippen molar-refractivity contribution in [1.82, 2.24) is 9.78 Å². The quantitative estimate of drug-likeness (QED) is 0.898. The highest BCUT2D eigenvalue weighted by atomic mass is 16.5. The highest BCUT2D eigenvalue weighted by molar-refractivity contribution is 5.94. The molecular weight excluding hydrogens is 308 g/mol. The average molecular weight is 328 g/mol. The van der Waals surface area contributed by atoms with Gasteiger partial charge in [0.05, 0.1) is 17.1 Å². The first-order valence-electron chi connectivity index (χ1n) is 7.79. The first kappa shape index (κ1) is 16.0. The summed E-state index contributed by atoms with van der Waals surface area (Å²) in [7, 11) is 1.83. The van der Waals surface area contributed by atoms with Crippen molar-refractivity contribution in [1.29, 1.82) is 0 Å². The molecule has 0 atom stereocenters. The second kappa shape index (κ2) is 6.35. The van der Waals surface area contributed by atoms with Gasteiger partial charge in [-0.25, -0.2) is 0 Å². The standard InChI is InChI=1S/C17H20N4O3/c1-10-17(11(2)21(3)20-10)19-16(23)9-24-13-5-6-14-12(8-13)4-7-15(22)18-14/h5-6,8H,4,7,9H2,1-3H3,(H,18,22)(H,19,23). The lowest BCUT2D eigenvalue weighted by Crippen LogP contribution is -2.21. The van der Waals surface area contributed by atoms with Crippen LogP contribution in [0.2, 0.25) is 0 Å². The Morgan fingerprint density at radius 1 is 1.38 bits per heavy atom. The highest BCUT2D eigenvalue weighted by Crippen LogP contribution is 2.26. The van der Waals surface area contributed by atoms with Crippen LogP contribution in [-0.4, -0.2) is 28.2 Å². The first-order valence-corrected chi connectivity index (χ1v) is 7.79. The Kier molecular flexibility index (Phi) is 4.24. The SMILES string of the molecule is Cc1nn(C)c(C)c1NC(=O)COc1ccc2c(c1)CCC(=O)N2. The fourth-order valence-electron chi connectivity index (χ4n) is 2.73. The van der Waals surface area contributed by atoms with Crippen LogP contribution in [0.1, 0.15) is 23.4 Å². The third-order valence-corrected chi connectivity index (χ3v) is 4.12. The largest absolute Gasteiger partial charge is 0.484 e. The van der Waals surface area contributed by atoms with E-state index in [1.807, 2.05) is 27.0 Å². The van der Waals surface area contributed by atoms with Gasteiger partial charge in [-0.2, -0.15) is 5.10 Å². The molecule has 0 saturated carbocycles. The summed E-state index contributed by atoms with van der Waals surface area (Å²) in [5.41, 5.74) is 4.22. The van der Waals surface area contributed by atoms with E-state index in [1.165, 1.54) is 0 Å². The number of carbonyl (C=O) groups is 2. The van der Waals surface area contributed by atoms with E-state index in [2.05, 4.69) is 15.7 Å². The number of carbonyl (C=O) groups excluding carboxylic acids is 2. The number of fused-ring (bicyclic) bond motifs is 1. The van der Waals surface area contributed by atoms with Crippen molar-refractivity contribution >= 4 is 23.2 Å². The maximum atomic E-state index is 12.1. The molecule has 1 aromatic carbocycles. The molecular formula is C17H20N4O3. The maximum Gasteiger partial charge on any atom is 0.262 e. The van der Waals surface area contributed by atoms with Crippen molar-refractivity contribution in [3.05, 3.63) is 35.2 Å². The molecule has 1 aromatic heterocycles. The zero-order valence-corrected chi connectivity index (χ0v) is 14.0. The number of aromatic nitrogens is 2. The fraction of sp³-hybridized carbons (Fsp3) is 0.353. The number of rotatable bonds is 4. The number of hydrogen-bond acceptors (Lipinski definition) is 4. The molecule has 7 nitrogen and oxygen atoms in total. The van der Waals surface area contributed by atoms with Crippen LogP contribution in [-0.2, 0) is 23.1 Å². The van der Waals surface area contributed by atoms with Crippen LogP contribution in [0, 0.1) is 13.8 Å². The third kappa shape index (κ3) is 3.24. The molecule has 1 aliphatic heterocycles. The third-order valence-electron chi connectivity index (χ3n) is 4.12. The number of amides is 2. The number of hydrogen-bond donors (Lipinski definition) is 2. The molecule has 24 heavy (non-hydrogen) atoms. The minimum absolute atomic E-state index is 0.0257. The van der Waals surface area contributed by atoms with Crippen molar-refractivity contribution in [2.45, 2.75) is 26.7 Å². The van der Waals surface area contributed by atoms with Crippen molar-refractivity contribution in [2.24, 2.45) is 7.05 Å². The summed E-state index contributed by atoms with van der Waals surface area (Å²) in [6.45, 7) is 3.66. The first-order chi connectivity index (χ1) is 11.4. The second-order valence-corrected chi connectivity index (χ2v) is 5.87. The van der Waals surface area contributed by atoms with E-state index >= 15 is 0 Å². The highest BCUT2D eigenvalue weighted by Gasteiger charge is 2.16. The van der Waals surface area contributed by atoms with E-state index in [-0.39, 0.29) is 18.4 Å². The van der Waals surface area contributed by atoms with Crippen LogP contribution < -0.4 is 15.4 Å². The van der Waals surface area contributed by atoms with Crippen molar-refractivity contribution < 1.29 is 14.3 Å². The summed E-state index contributed by atoms with van der Waals surface area (Å²) < 4.78 is 7.29. The Morgan fingerprint density at radius 2 is 2.17 bits per heavy atom. The number of nitrogens with one attached hydrogen (secondary N) is 2.